The van der Waals surface area contributed by atoms with Crippen LogP contribution in [0.1, 0.15) is 10.6 Å². The quantitative estimate of drug-likeness (QED) is 0.352. The maximum atomic E-state index is 13.5. The zero-order valence-electron chi connectivity index (χ0n) is 16.5. The first-order chi connectivity index (χ1) is 15.1. The van der Waals surface area contributed by atoms with E-state index in [4.69, 9.17) is 20.8 Å². The third-order valence-corrected chi connectivity index (χ3v) is 6.23. The van der Waals surface area contributed by atoms with Crippen LogP contribution < -0.4 is 9.64 Å². The molecule has 0 aliphatic carbocycles. The number of benzene rings is 2. The van der Waals surface area contributed by atoms with E-state index in [0.29, 0.717) is 40.1 Å². The fourth-order valence-corrected chi connectivity index (χ4v) is 4.66. The number of para-hydroxylation sites is 2. The van der Waals surface area contributed by atoms with Gasteiger partial charge in [0.2, 0.25) is 0 Å². The summed E-state index contributed by atoms with van der Waals surface area (Å²) in [4.78, 5) is 19.8. The highest BCUT2D eigenvalue weighted by Gasteiger charge is 2.25. The lowest BCUT2D eigenvalue weighted by Crippen LogP contribution is -2.33. The van der Waals surface area contributed by atoms with Crippen molar-refractivity contribution in [3.05, 3.63) is 71.7 Å². The number of anilines is 1. The van der Waals surface area contributed by atoms with E-state index in [9.17, 15) is 4.79 Å². The molecule has 0 aliphatic heterocycles. The molecular formula is C22H17ClN4O3S. The average molecular weight is 453 g/mol. The molecule has 2 aromatic carbocycles. The standard InChI is InChI=1S/C22H17ClN4O3S/c1-29-16-7-2-5-14-13-17(30-20(14)16)21(28)27(12-11-26-10-4-9-24-26)22-25-19-15(23)6-3-8-18(19)31-22/h2-10,13H,11-12H2,1H3. The molecule has 5 aromatic rings. The average Bonchev–Trinajstić information content (AvgIpc) is 3.52. The van der Waals surface area contributed by atoms with E-state index in [-0.39, 0.29) is 11.7 Å². The lowest BCUT2D eigenvalue weighted by molar-refractivity contribution is 0.0961. The Balaban J connectivity index is 1.55. The Morgan fingerprint density at radius 3 is 2.90 bits per heavy atom. The number of rotatable bonds is 6. The number of methoxy groups -OCH3 is 1. The summed E-state index contributed by atoms with van der Waals surface area (Å²) in [6.45, 7) is 0.873. The molecule has 0 fully saturated rings. The van der Waals surface area contributed by atoms with Gasteiger partial charge in [-0.15, -0.1) is 0 Å². The van der Waals surface area contributed by atoms with E-state index in [0.717, 1.165) is 10.1 Å². The number of carbonyl (C=O) groups is 1. The molecule has 3 aromatic heterocycles. The number of aromatic nitrogens is 3. The number of halogens is 1. The molecule has 5 rings (SSSR count). The van der Waals surface area contributed by atoms with Gasteiger partial charge in [0.25, 0.3) is 5.91 Å². The van der Waals surface area contributed by atoms with Gasteiger partial charge >= 0.3 is 0 Å². The Labute approximate surface area is 186 Å². The van der Waals surface area contributed by atoms with Gasteiger partial charge < -0.3 is 9.15 Å². The summed E-state index contributed by atoms with van der Waals surface area (Å²) in [6.07, 6.45) is 3.55. The summed E-state index contributed by atoms with van der Waals surface area (Å²) in [6, 6.07) is 14.7. The van der Waals surface area contributed by atoms with Crippen molar-refractivity contribution in [3.63, 3.8) is 0 Å². The minimum absolute atomic E-state index is 0.213. The van der Waals surface area contributed by atoms with Gasteiger partial charge in [-0.3, -0.25) is 14.4 Å². The number of amides is 1. The van der Waals surface area contributed by atoms with Crippen LogP contribution in [-0.2, 0) is 6.54 Å². The molecule has 0 spiro atoms. The van der Waals surface area contributed by atoms with Crippen molar-refractivity contribution in [1.82, 2.24) is 14.8 Å². The molecule has 0 atom stereocenters. The van der Waals surface area contributed by atoms with Crippen LogP contribution in [0.25, 0.3) is 21.2 Å². The molecule has 0 bridgehead atoms. The SMILES string of the molecule is COc1cccc2cc(C(=O)N(CCn3cccn3)c3nc4c(Cl)cccc4s3)oc12. The van der Waals surface area contributed by atoms with Crippen LogP contribution >= 0.6 is 22.9 Å². The molecule has 7 nitrogen and oxygen atoms in total. The fourth-order valence-electron chi connectivity index (χ4n) is 3.37. The van der Waals surface area contributed by atoms with Crippen molar-refractivity contribution in [2.75, 3.05) is 18.6 Å². The number of hydrogen-bond acceptors (Lipinski definition) is 6. The molecule has 0 unspecified atom stereocenters. The van der Waals surface area contributed by atoms with Crippen molar-refractivity contribution in [2.45, 2.75) is 6.54 Å². The highest BCUT2D eigenvalue weighted by Crippen LogP contribution is 2.34. The Bertz CT molecular complexity index is 1380. The van der Waals surface area contributed by atoms with Crippen LogP contribution in [0.5, 0.6) is 5.75 Å². The molecule has 0 radical (unpaired) electrons. The first kappa shape index (κ1) is 19.6. The van der Waals surface area contributed by atoms with Crippen molar-refractivity contribution in [2.24, 2.45) is 0 Å². The maximum absolute atomic E-state index is 13.5. The number of thiazole rings is 1. The number of ether oxygens (including phenoxy) is 1. The molecule has 156 valence electrons. The molecule has 0 aliphatic rings. The molecule has 0 saturated heterocycles. The van der Waals surface area contributed by atoms with Crippen molar-refractivity contribution in [1.29, 1.82) is 0 Å². The van der Waals surface area contributed by atoms with E-state index in [1.54, 1.807) is 41.1 Å². The van der Waals surface area contributed by atoms with Crippen LogP contribution in [0.15, 0.2) is 65.3 Å². The summed E-state index contributed by atoms with van der Waals surface area (Å²) in [5, 5.41) is 6.12. The van der Waals surface area contributed by atoms with E-state index >= 15 is 0 Å². The van der Waals surface area contributed by atoms with Gasteiger partial charge in [0.1, 0.15) is 5.52 Å². The van der Waals surface area contributed by atoms with Crippen LogP contribution in [0.2, 0.25) is 5.02 Å². The second kappa shape index (κ2) is 8.05. The minimum atomic E-state index is -0.291. The van der Waals surface area contributed by atoms with Crippen LogP contribution in [0.3, 0.4) is 0 Å². The lowest BCUT2D eigenvalue weighted by Gasteiger charge is -2.18. The minimum Gasteiger partial charge on any atom is -0.493 e. The second-order valence-electron chi connectivity index (χ2n) is 6.80. The van der Waals surface area contributed by atoms with Gasteiger partial charge in [-0.05, 0) is 30.3 Å². The first-order valence-corrected chi connectivity index (χ1v) is 10.7. The van der Waals surface area contributed by atoms with Crippen molar-refractivity contribution in [3.8, 4) is 5.75 Å². The van der Waals surface area contributed by atoms with E-state index in [2.05, 4.69) is 10.1 Å². The Morgan fingerprint density at radius 1 is 1.26 bits per heavy atom. The van der Waals surface area contributed by atoms with Gasteiger partial charge in [0, 0.05) is 24.3 Å². The van der Waals surface area contributed by atoms with E-state index < -0.39 is 0 Å². The third-order valence-electron chi connectivity index (χ3n) is 4.89. The van der Waals surface area contributed by atoms with E-state index in [1.807, 2.05) is 36.5 Å². The predicted octanol–water partition coefficient (Wildman–Crippen LogP) is 5.25. The molecule has 9 heteroatoms. The summed E-state index contributed by atoms with van der Waals surface area (Å²) < 4.78 is 13.9. The summed E-state index contributed by atoms with van der Waals surface area (Å²) >= 11 is 7.72. The predicted molar refractivity (Wildman–Crippen MR) is 121 cm³/mol. The van der Waals surface area contributed by atoms with Gasteiger partial charge in [0.05, 0.1) is 23.4 Å². The van der Waals surface area contributed by atoms with Crippen LogP contribution in [-0.4, -0.2) is 34.3 Å². The monoisotopic (exact) mass is 452 g/mol. The van der Waals surface area contributed by atoms with Crippen LogP contribution in [0, 0.1) is 0 Å². The van der Waals surface area contributed by atoms with Crippen molar-refractivity contribution >= 4 is 55.2 Å². The van der Waals surface area contributed by atoms with Gasteiger partial charge in [-0.1, -0.05) is 41.1 Å². The smallest absolute Gasteiger partial charge is 0.295 e. The first-order valence-electron chi connectivity index (χ1n) is 9.55. The third kappa shape index (κ3) is 3.64. The number of hydrogen-bond donors (Lipinski definition) is 0. The Kier molecular flexibility index (Phi) is 5.09. The molecule has 0 saturated carbocycles. The summed E-state index contributed by atoms with van der Waals surface area (Å²) in [5.41, 5.74) is 1.21. The molecule has 1 amide bonds. The molecule has 31 heavy (non-hydrogen) atoms. The zero-order chi connectivity index (χ0) is 21.4. The summed E-state index contributed by atoms with van der Waals surface area (Å²) in [5.74, 6) is 0.498. The number of furan rings is 1. The largest absolute Gasteiger partial charge is 0.493 e. The number of fused-ring (bicyclic) bond motifs is 2. The maximum Gasteiger partial charge on any atom is 0.295 e. The van der Waals surface area contributed by atoms with Crippen molar-refractivity contribution < 1.29 is 13.9 Å². The topological polar surface area (TPSA) is 73.4 Å². The Hall–Kier alpha value is -3.36. The van der Waals surface area contributed by atoms with Gasteiger partial charge in [0.15, 0.2) is 22.2 Å². The van der Waals surface area contributed by atoms with Gasteiger partial charge in [-0.2, -0.15) is 5.10 Å². The highest BCUT2D eigenvalue weighted by atomic mass is 35.5. The summed E-state index contributed by atoms with van der Waals surface area (Å²) in [7, 11) is 1.57. The lowest BCUT2D eigenvalue weighted by atomic mass is 10.2. The van der Waals surface area contributed by atoms with Gasteiger partial charge in [-0.25, -0.2) is 4.98 Å². The number of carbonyl (C=O) groups excluding carboxylic acids is 1. The normalized spacial score (nSPS) is 11.3. The second-order valence-corrected chi connectivity index (χ2v) is 8.21. The fraction of sp³-hybridized carbons (Fsp3) is 0.136. The zero-order valence-corrected chi connectivity index (χ0v) is 18.1. The molecular weight excluding hydrogens is 436 g/mol. The van der Waals surface area contributed by atoms with Crippen LogP contribution in [0.4, 0.5) is 5.13 Å². The Morgan fingerprint density at radius 2 is 2.13 bits per heavy atom. The number of nitrogens with zero attached hydrogens (tertiary/aromatic N) is 4. The molecule has 0 N–H and O–H groups in total. The van der Waals surface area contributed by atoms with E-state index in [1.165, 1.54) is 11.3 Å². The highest BCUT2D eigenvalue weighted by molar-refractivity contribution is 7.22. The molecule has 3 heterocycles.